The third kappa shape index (κ3) is 38.6. The molecule has 53 heavy (non-hydrogen) atoms. The van der Waals surface area contributed by atoms with Crippen LogP contribution in [0.5, 0.6) is 0 Å². The smallest absolute Gasteiger partial charge is 0.249 e. The maximum absolute atomic E-state index is 12.5. The number of aliphatic hydroxyl groups excluding tert-OH is 3. The van der Waals surface area contributed by atoms with Gasteiger partial charge in [0, 0.05) is 0 Å². The van der Waals surface area contributed by atoms with E-state index < -0.39 is 24.2 Å². The fourth-order valence-corrected chi connectivity index (χ4v) is 7.04. The number of allylic oxidation sites excluding steroid dienone is 5. The van der Waals surface area contributed by atoms with Gasteiger partial charge < -0.3 is 20.6 Å². The van der Waals surface area contributed by atoms with Gasteiger partial charge in [-0.25, -0.2) is 0 Å². The normalized spacial score (nSPS) is 13.8. The van der Waals surface area contributed by atoms with Gasteiger partial charge >= 0.3 is 0 Å². The first kappa shape index (κ1) is 51.6. The van der Waals surface area contributed by atoms with Crippen molar-refractivity contribution in [3.63, 3.8) is 0 Å². The molecule has 5 nitrogen and oxygen atoms in total. The van der Waals surface area contributed by atoms with Gasteiger partial charge in [-0.1, -0.05) is 230 Å². The molecular formula is C48H91NO4. The van der Waals surface area contributed by atoms with Gasteiger partial charge in [0.25, 0.3) is 0 Å². The van der Waals surface area contributed by atoms with Gasteiger partial charge in [0.05, 0.1) is 18.8 Å². The first-order valence-corrected chi connectivity index (χ1v) is 23.3. The second-order valence-corrected chi connectivity index (χ2v) is 16.0. The van der Waals surface area contributed by atoms with E-state index in [2.05, 4.69) is 43.5 Å². The first-order valence-electron chi connectivity index (χ1n) is 23.3. The lowest BCUT2D eigenvalue weighted by Gasteiger charge is -2.21. The van der Waals surface area contributed by atoms with Crippen LogP contribution in [0.25, 0.3) is 0 Å². The minimum Gasteiger partial charge on any atom is -0.394 e. The summed E-state index contributed by atoms with van der Waals surface area (Å²) in [5.74, 6) is -0.515. The molecule has 0 saturated heterocycles. The molecule has 0 heterocycles. The Balaban J connectivity index is 3.59. The average molecular weight is 746 g/mol. The maximum Gasteiger partial charge on any atom is 0.249 e. The highest BCUT2D eigenvalue weighted by molar-refractivity contribution is 5.80. The largest absolute Gasteiger partial charge is 0.394 e. The molecule has 0 radical (unpaired) electrons. The van der Waals surface area contributed by atoms with Crippen molar-refractivity contribution >= 4 is 5.91 Å². The minimum absolute atomic E-state index is 0.380. The predicted octanol–water partition coefficient (Wildman–Crippen LogP) is 13.5. The fourth-order valence-electron chi connectivity index (χ4n) is 7.04. The summed E-state index contributed by atoms with van der Waals surface area (Å²) < 4.78 is 0. The number of rotatable bonds is 42. The molecule has 3 atom stereocenters. The van der Waals surface area contributed by atoms with Crippen LogP contribution in [0, 0.1) is 0 Å². The molecule has 3 unspecified atom stereocenters. The van der Waals surface area contributed by atoms with Crippen molar-refractivity contribution in [1.29, 1.82) is 0 Å². The van der Waals surface area contributed by atoms with Crippen LogP contribution >= 0.6 is 0 Å². The second-order valence-electron chi connectivity index (χ2n) is 16.0. The molecule has 0 bridgehead atoms. The molecule has 5 heteroatoms. The third-order valence-corrected chi connectivity index (χ3v) is 10.7. The molecule has 0 aliphatic carbocycles. The highest BCUT2D eigenvalue weighted by Crippen LogP contribution is 2.16. The Kier molecular flexibility index (Phi) is 42.1. The van der Waals surface area contributed by atoms with Gasteiger partial charge in [-0.3, -0.25) is 4.79 Å². The van der Waals surface area contributed by atoms with E-state index in [1.807, 2.05) is 6.08 Å². The van der Waals surface area contributed by atoms with E-state index in [9.17, 15) is 20.1 Å². The van der Waals surface area contributed by atoms with Crippen molar-refractivity contribution in [2.24, 2.45) is 0 Å². The molecule has 312 valence electrons. The van der Waals surface area contributed by atoms with E-state index in [-0.39, 0.29) is 6.61 Å². The summed E-state index contributed by atoms with van der Waals surface area (Å²) in [6.45, 7) is 4.14. The summed E-state index contributed by atoms with van der Waals surface area (Å²) in [5.41, 5.74) is 0. The van der Waals surface area contributed by atoms with Gasteiger partial charge in [-0.15, -0.1) is 0 Å². The Morgan fingerprint density at radius 3 is 1.15 bits per heavy atom. The lowest BCUT2D eigenvalue weighted by atomic mass is 10.0. The summed E-state index contributed by atoms with van der Waals surface area (Å²) in [7, 11) is 0. The zero-order valence-corrected chi connectivity index (χ0v) is 35.4. The molecule has 0 spiro atoms. The molecule has 0 aromatic rings. The highest BCUT2D eigenvalue weighted by Gasteiger charge is 2.22. The van der Waals surface area contributed by atoms with Gasteiger partial charge in [0.1, 0.15) is 6.10 Å². The van der Waals surface area contributed by atoms with E-state index in [4.69, 9.17) is 0 Å². The Bertz CT molecular complexity index is 824. The SMILES string of the molecule is CCCCC/C=C/CC/C=C/CC/C=C/C(O)C(CO)NC(=O)C(O)CCCCCCCCCCCCCCCCCCCCCCCCCCCC. The standard InChI is InChI=1S/C48H91NO4/c1-3-5-7-9-11-13-15-17-18-19-20-21-22-23-24-25-26-27-28-29-31-33-35-37-39-41-43-47(52)48(53)49-45(44-50)46(51)42-40-38-36-34-32-30-16-14-12-10-8-6-4-2/h12,14,32,34,40,42,45-47,50-52H,3-11,13,15-31,33,35-39,41,43-44H2,1-2H3,(H,49,53)/b14-12+,34-32+,42-40+. The average Bonchev–Trinajstić information content (AvgIpc) is 3.16. The number of aliphatic hydroxyl groups is 3. The Morgan fingerprint density at radius 1 is 0.453 bits per heavy atom. The Labute approximate surface area is 330 Å². The van der Waals surface area contributed by atoms with Crippen LogP contribution in [0.4, 0.5) is 0 Å². The lowest BCUT2D eigenvalue weighted by molar-refractivity contribution is -0.131. The molecular weight excluding hydrogens is 655 g/mol. The van der Waals surface area contributed by atoms with Crippen molar-refractivity contribution in [3.05, 3.63) is 36.5 Å². The van der Waals surface area contributed by atoms with E-state index in [1.54, 1.807) is 6.08 Å². The molecule has 0 rings (SSSR count). The van der Waals surface area contributed by atoms with Gasteiger partial charge in [-0.05, 0) is 44.9 Å². The summed E-state index contributed by atoms with van der Waals surface area (Å²) >= 11 is 0. The second kappa shape index (κ2) is 43.3. The van der Waals surface area contributed by atoms with Crippen LogP contribution in [0.1, 0.15) is 239 Å². The third-order valence-electron chi connectivity index (χ3n) is 10.7. The van der Waals surface area contributed by atoms with Crippen molar-refractivity contribution in [1.82, 2.24) is 5.32 Å². The summed E-state index contributed by atoms with van der Waals surface area (Å²) in [5, 5.41) is 33.1. The summed E-state index contributed by atoms with van der Waals surface area (Å²) in [4.78, 5) is 12.5. The highest BCUT2D eigenvalue weighted by atomic mass is 16.3. The number of carbonyl (C=O) groups excluding carboxylic acids is 1. The van der Waals surface area contributed by atoms with Crippen molar-refractivity contribution in [3.8, 4) is 0 Å². The lowest BCUT2D eigenvalue weighted by Crippen LogP contribution is -2.48. The summed E-state index contributed by atoms with van der Waals surface area (Å²) in [6, 6.07) is -0.818. The molecule has 0 aliphatic rings. The van der Waals surface area contributed by atoms with Crippen LogP contribution in [0.15, 0.2) is 36.5 Å². The van der Waals surface area contributed by atoms with Crippen LogP contribution in [0.3, 0.4) is 0 Å². The van der Waals surface area contributed by atoms with Crippen molar-refractivity contribution in [2.75, 3.05) is 6.61 Å². The number of hydrogen-bond acceptors (Lipinski definition) is 4. The monoisotopic (exact) mass is 746 g/mol. The molecule has 0 aromatic heterocycles. The van der Waals surface area contributed by atoms with Crippen LogP contribution in [-0.2, 0) is 4.79 Å². The number of unbranched alkanes of at least 4 members (excludes halogenated alkanes) is 30. The van der Waals surface area contributed by atoms with Crippen LogP contribution in [-0.4, -0.2) is 46.1 Å². The van der Waals surface area contributed by atoms with E-state index >= 15 is 0 Å². The Morgan fingerprint density at radius 2 is 0.774 bits per heavy atom. The quantitative estimate of drug-likeness (QED) is 0.0370. The zero-order valence-electron chi connectivity index (χ0n) is 35.4. The molecule has 0 fully saturated rings. The zero-order chi connectivity index (χ0) is 38.7. The molecule has 0 saturated carbocycles. The first-order chi connectivity index (χ1) is 26.1. The minimum atomic E-state index is -1.11. The maximum atomic E-state index is 12.5. The molecule has 0 aromatic carbocycles. The van der Waals surface area contributed by atoms with E-state index in [0.717, 1.165) is 44.9 Å². The van der Waals surface area contributed by atoms with Gasteiger partial charge in [-0.2, -0.15) is 0 Å². The van der Waals surface area contributed by atoms with E-state index in [0.29, 0.717) is 6.42 Å². The number of amides is 1. The van der Waals surface area contributed by atoms with Crippen molar-refractivity contribution in [2.45, 2.75) is 257 Å². The molecule has 1 amide bonds. The van der Waals surface area contributed by atoms with E-state index in [1.165, 1.54) is 173 Å². The number of nitrogens with one attached hydrogen (secondary N) is 1. The van der Waals surface area contributed by atoms with Crippen LogP contribution < -0.4 is 5.32 Å². The molecule has 0 aliphatic heterocycles. The van der Waals surface area contributed by atoms with Crippen molar-refractivity contribution < 1.29 is 20.1 Å². The number of hydrogen-bond donors (Lipinski definition) is 4. The predicted molar refractivity (Wildman–Crippen MR) is 231 cm³/mol. The summed E-state index contributed by atoms with van der Waals surface area (Å²) in [6.07, 6.45) is 54.8. The molecule has 4 N–H and O–H groups in total. The Hall–Kier alpha value is -1.43. The fraction of sp³-hybridized carbons (Fsp3) is 0.854. The topological polar surface area (TPSA) is 89.8 Å². The van der Waals surface area contributed by atoms with Gasteiger partial charge in [0.2, 0.25) is 5.91 Å². The van der Waals surface area contributed by atoms with Gasteiger partial charge in [0.15, 0.2) is 0 Å². The number of carbonyl (C=O) groups is 1. The van der Waals surface area contributed by atoms with Crippen LogP contribution in [0.2, 0.25) is 0 Å².